The number of sulfonamides is 1. The number of carbonyl (C=O) groups excluding carboxylic acids is 1. The van der Waals surface area contributed by atoms with Gasteiger partial charge in [0.05, 0.1) is 33.8 Å². The van der Waals surface area contributed by atoms with Crippen molar-refractivity contribution in [2.24, 2.45) is 0 Å². The second kappa shape index (κ2) is 9.11. The number of benzene rings is 2. The van der Waals surface area contributed by atoms with E-state index < -0.39 is 15.9 Å². The minimum atomic E-state index is -3.57. The van der Waals surface area contributed by atoms with Gasteiger partial charge in [0, 0.05) is 13.1 Å². The van der Waals surface area contributed by atoms with Crippen molar-refractivity contribution in [2.75, 3.05) is 38.2 Å². The summed E-state index contributed by atoms with van der Waals surface area (Å²) in [5.41, 5.74) is 0.384. The quantitative estimate of drug-likeness (QED) is 0.739. The molecule has 1 heterocycles. The van der Waals surface area contributed by atoms with Crippen LogP contribution in [-0.4, -0.2) is 51.5 Å². The number of carbonyl (C=O) groups is 1. The molecule has 0 aliphatic carbocycles. The van der Waals surface area contributed by atoms with Gasteiger partial charge in [-0.1, -0.05) is 29.3 Å². The fraction of sp³-hybridized carbons (Fsp3) is 0.278. The Balaban J connectivity index is 1.58. The fourth-order valence-electron chi connectivity index (χ4n) is 2.58. The maximum Gasteiger partial charge on any atom is 0.262 e. The second-order valence-electron chi connectivity index (χ2n) is 5.93. The SMILES string of the molecule is O=C(COc1ccc(S(=O)(=O)N2CCOCC2)cc1)Nc1cccc(Cl)c1Cl. The highest BCUT2D eigenvalue weighted by Gasteiger charge is 2.26. The third-order valence-corrected chi connectivity index (χ3v) is 6.76. The summed E-state index contributed by atoms with van der Waals surface area (Å²) in [5.74, 6) is -0.0533. The molecule has 1 aliphatic heterocycles. The van der Waals surface area contributed by atoms with E-state index in [1.54, 1.807) is 18.2 Å². The van der Waals surface area contributed by atoms with E-state index in [4.69, 9.17) is 32.7 Å². The van der Waals surface area contributed by atoms with Gasteiger partial charge in [-0.3, -0.25) is 4.79 Å². The van der Waals surface area contributed by atoms with E-state index in [2.05, 4.69) is 5.32 Å². The maximum absolute atomic E-state index is 12.6. The van der Waals surface area contributed by atoms with Crippen LogP contribution >= 0.6 is 23.2 Å². The van der Waals surface area contributed by atoms with Crippen molar-refractivity contribution in [3.8, 4) is 5.75 Å². The van der Waals surface area contributed by atoms with Crippen molar-refractivity contribution in [1.29, 1.82) is 0 Å². The first-order valence-corrected chi connectivity index (χ1v) is 10.6. The average molecular weight is 445 g/mol. The number of ether oxygens (including phenoxy) is 2. The molecule has 1 aliphatic rings. The fourth-order valence-corrected chi connectivity index (χ4v) is 4.34. The molecule has 0 saturated carbocycles. The zero-order valence-corrected chi connectivity index (χ0v) is 17.1. The van der Waals surface area contributed by atoms with E-state index in [1.807, 2.05) is 0 Å². The summed E-state index contributed by atoms with van der Waals surface area (Å²) in [6.45, 7) is 1.15. The molecular formula is C18H18Cl2N2O5S. The van der Waals surface area contributed by atoms with Gasteiger partial charge in [0.15, 0.2) is 6.61 Å². The molecule has 1 N–H and O–H groups in total. The number of amides is 1. The van der Waals surface area contributed by atoms with Crippen LogP contribution in [0.2, 0.25) is 10.0 Å². The topological polar surface area (TPSA) is 84.9 Å². The molecule has 0 atom stereocenters. The molecule has 0 bridgehead atoms. The van der Waals surface area contributed by atoms with Crippen LogP contribution in [0, 0.1) is 0 Å². The summed E-state index contributed by atoms with van der Waals surface area (Å²) in [6.07, 6.45) is 0. The van der Waals surface area contributed by atoms with E-state index in [1.165, 1.54) is 28.6 Å². The van der Waals surface area contributed by atoms with Gasteiger partial charge < -0.3 is 14.8 Å². The van der Waals surface area contributed by atoms with Crippen LogP contribution in [0.3, 0.4) is 0 Å². The Hall–Kier alpha value is -1.84. The van der Waals surface area contributed by atoms with Crippen LogP contribution in [0.15, 0.2) is 47.4 Å². The smallest absolute Gasteiger partial charge is 0.262 e. The molecule has 7 nitrogen and oxygen atoms in total. The van der Waals surface area contributed by atoms with E-state index in [0.717, 1.165) is 0 Å². The van der Waals surface area contributed by atoms with E-state index in [0.29, 0.717) is 42.8 Å². The van der Waals surface area contributed by atoms with Gasteiger partial charge >= 0.3 is 0 Å². The largest absolute Gasteiger partial charge is 0.484 e. The number of hydrogen-bond acceptors (Lipinski definition) is 5. The molecule has 28 heavy (non-hydrogen) atoms. The lowest BCUT2D eigenvalue weighted by Crippen LogP contribution is -2.40. The number of nitrogens with zero attached hydrogens (tertiary/aromatic N) is 1. The summed E-state index contributed by atoms with van der Waals surface area (Å²) in [6, 6.07) is 10.8. The standard InChI is InChI=1S/C18H18Cl2N2O5S/c19-15-2-1-3-16(18(15)20)21-17(23)12-27-13-4-6-14(7-5-13)28(24,25)22-8-10-26-11-9-22/h1-7H,8-12H2,(H,21,23). The van der Waals surface area contributed by atoms with Crippen molar-refractivity contribution in [3.05, 3.63) is 52.5 Å². The molecule has 0 unspecified atom stereocenters. The average Bonchev–Trinajstić information content (AvgIpc) is 2.71. The van der Waals surface area contributed by atoms with Crippen molar-refractivity contribution in [1.82, 2.24) is 4.31 Å². The van der Waals surface area contributed by atoms with Gasteiger partial charge in [-0.25, -0.2) is 8.42 Å². The Morgan fingerprint density at radius 1 is 1.11 bits per heavy atom. The molecule has 2 aromatic carbocycles. The van der Waals surface area contributed by atoms with Crippen LogP contribution in [0.1, 0.15) is 0 Å². The van der Waals surface area contributed by atoms with Gasteiger partial charge in [0.25, 0.3) is 5.91 Å². The Bertz CT molecular complexity index is 945. The number of halogens is 2. The van der Waals surface area contributed by atoms with Crippen LogP contribution in [0.25, 0.3) is 0 Å². The number of anilines is 1. The lowest BCUT2D eigenvalue weighted by Gasteiger charge is -2.26. The highest BCUT2D eigenvalue weighted by Crippen LogP contribution is 2.29. The second-order valence-corrected chi connectivity index (χ2v) is 8.65. The number of nitrogens with one attached hydrogen (secondary N) is 1. The van der Waals surface area contributed by atoms with Gasteiger partial charge in [-0.2, -0.15) is 4.31 Å². The van der Waals surface area contributed by atoms with Crippen LogP contribution in [0.4, 0.5) is 5.69 Å². The summed E-state index contributed by atoms with van der Waals surface area (Å²) in [5, 5.41) is 3.18. The predicted molar refractivity (Wildman–Crippen MR) is 107 cm³/mol. The molecule has 3 rings (SSSR count). The molecule has 0 spiro atoms. The normalized spacial score (nSPS) is 15.2. The zero-order chi connectivity index (χ0) is 20.1. The molecule has 1 saturated heterocycles. The van der Waals surface area contributed by atoms with E-state index >= 15 is 0 Å². The highest BCUT2D eigenvalue weighted by atomic mass is 35.5. The molecular weight excluding hydrogens is 427 g/mol. The summed E-state index contributed by atoms with van der Waals surface area (Å²) in [7, 11) is -3.57. The lowest BCUT2D eigenvalue weighted by molar-refractivity contribution is -0.118. The summed E-state index contributed by atoms with van der Waals surface area (Å²) < 4.78 is 37.1. The number of hydrogen-bond donors (Lipinski definition) is 1. The van der Waals surface area contributed by atoms with Crippen molar-refractivity contribution in [2.45, 2.75) is 4.90 Å². The number of rotatable bonds is 6. The molecule has 10 heteroatoms. The Labute approximate surface area is 173 Å². The molecule has 1 amide bonds. The molecule has 150 valence electrons. The zero-order valence-electron chi connectivity index (χ0n) is 14.7. The Morgan fingerprint density at radius 3 is 2.46 bits per heavy atom. The van der Waals surface area contributed by atoms with Crippen molar-refractivity contribution >= 4 is 44.8 Å². The third kappa shape index (κ3) is 4.95. The highest BCUT2D eigenvalue weighted by molar-refractivity contribution is 7.89. The first kappa shape index (κ1) is 20.9. The van der Waals surface area contributed by atoms with E-state index in [-0.39, 0.29) is 16.5 Å². The monoisotopic (exact) mass is 444 g/mol. The van der Waals surface area contributed by atoms with Gasteiger partial charge in [0.2, 0.25) is 10.0 Å². The van der Waals surface area contributed by atoms with Crippen molar-refractivity contribution in [3.63, 3.8) is 0 Å². The maximum atomic E-state index is 12.6. The molecule has 1 fully saturated rings. The van der Waals surface area contributed by atoms with Gasteiger partial charge in [-0.05, 0) is 36.4 Å². The Kier molecular flexibility index (Phi) is 6.79. The Morgan fingerprint density at radius 2 is 1.79 bits per heavy atom. The van der Waals surface area contributed by atoms with E-state index in [9.17, 15) is 13.2 Å². The minimum Gasteiger partial charge on any atom is -0.484 e. The van der Waals surface area contributed by atoms with Crippen LogP contribution in [0.5, 0.6) is 5.75 Å². The van der Waals surface area contributed by atoms with Crippen LogP contribution < -0.4 is 10.1 Å². The van der Waals surface area contributed by atoms with Crippen LogP contribution in [-0.2, 0) is 19.6 Å². The third-order valence-electron chi connectivity index (χ3n) is 4.03. The molecule has 0 radical (unpaired) electrons. The lowest BCUT2D eigenvalue weighted by atomic mass is 10.3. The minimum absolute atomic E-state index is 0.164. The molecule has 2 aromatic rings. The van der Waals surface area contributed by atoms with Crippen molar-refractivity contribution < 1.29 is 22.7 Å². The van der Waals surface area contributed by atoms with Gasteiger partial charge in [0.1, 0.15) is 5.75 Å². The predicted octanol–water partition coefficient (Wildman–Crippen LogP) is 3.03. The summed E-state index contributed by atoms with van der Waals surface area (Å²) in [4.78, 5) is 12.2. The summed E-state index contributed by atoms with van der Waals surface area (Å²) >= 11 is 11.9. The number of morpholine rings is 1. The van der Waals surface area contributed by atoms with Gasteiger partial charge in [-0.15, -0.1) is 0 Å². The first-order chi connectivity index (χ1) is 13.4. The molecule has 0 aromatic heterocycles. The first-order valence-electron chi connectivity index (χ1n) is 8.42.